The first-order valence-electron chi connectivity index (χ1n) is 6.50. The van der Waals surface area contributed by atoms with Crippen LogP contribution in [-0.4, -0.2) is 31.5 Å². The second kappa shape index (κ2) is 7.56. The number of amides is 1. The number of nitrogens with one attached hydrogen (secondary N) is 1. The molecule has 4 nitrogen and oxygen atoms in total. The topological polar surface area (TPSA) is 47.6 Å². The van der Waals surface area contributed by atoms with Gasteiger partial charge in [-0.3, -0.25) is 0 Å². The van der Waals surface area contributed by atoms with Crippen molar-refractivity contribution in [3.05, 3.63) is 22.8 Å². The van der Waals surface area contributed by atoms with E-state index in [9.17, 15) is 4.79 Å². The highest BCUT2D eigenvalue weighted by Crippen LogP contribution is 2.28. The lowest BCUT2D eigenvalue weighted by atomic mass is 9.98. The number of hydrogen-bond donors (Lipinski definition) is 1. The highest BCUT2D eigenvalue weighted by molar-refractivity contribution is 6.30. The van der Waals surface area contributed by atoms with Gasteiger partial charge in [-0.1, -0.05) is 23.8 Å². The van der Waals surface area contributed by atoms with Gasteiger partial charge in [0.15, 0.2) is 0 Å². The van der Waals surface area contributed by atoms with Crippen molar-refractivity contribution in [2.24, 2.45) is 0 Å². The second-order valence-corrected chi connectivity index (χ2v) is 5.32. The standard InChI is InChI=1S/C14H22ClNO3/c1-9(2)16-14(17)19-10(3)13(18-4)11-7-5-6-8-12(11)15/h5,7,9-10,13H,6,8H2,1-4H3,(H,16,17)/t10-,13?/m1/s1. The molecule has 0 saturated carbocycles. The Labute approximate surface area is 119 Å². The van der Waals surface area contributed by atoms with Gasteiger partial charge in [0.2, 0.25) is 0 Å². The molecular formula is C14H22ClNO3. The molecule has 108 valence electrons. The predicted molar refractivity (Wildman–Crippen MR) is 76.3 cm³/mol. The predicted octanol–water partition coefficient (Wildman–Crippen LogP) is 3.37. The molecule has 0 bridgehead atoms. The van der Waals surface area contributed by atoms with Crippen LogP contribution in [0.3, 0.4) is 0 Å². The molecule has 0 aromatic rings. The summed E-state index contributed by atoms with van der Waals surface area (Å²) in [5.41, 5.74) is 0.889. The summed E-state index contributed by atoms with van der Waals surface area (Å²) in [5.74, 6) is 0. The van der Waals surface area contributed by atoms with Crippen LogP contribution in [0.25, 0.3) is 0 Å². The van der Waals surface area contributed by atoms with Crippen LogP contribution in [0, 0.1) is 0 Å². The number of carbonyl (C=O) groups excluding carboxylic acids is 1. The first-order chi connectivity index (χ1) is 8.95. The summed E-state index contributed by atoms with van der Waals surface area (Å²) in [7, 11) is 1.59. The Hall–Kier alpha value is -1.00. The summed E-state index contributed by atoms with van der Waals surface area (Å²) in [6.45, 7) is 5.56. The van der Waals surface area contributed by atoms with E-state index >= 15 is 0 Å². The monoisotopic (exact) mass is 287 g/mol. The van der Waals surface area contributed by atoms with E-state index in [4.69, 9.17) is 21.1 Å². The molecule has 1 amide bonds. The van der Waals surface area contributed by atoms with Crippen LogP contribution in [0.1, 0.15) is 33.6 Å². The Balaban J connectivity index is 2.69. The summed E-state index contributed by atoms with van der Waals surface area (Å²) in [5, 5.41) is 3.46. The highest BCUT2D eigenvalue weighted by atomic mass is 35.5. The Morgan fingerprint density at radius 3 is 2.63 bits per heavy atom. The fraction of sp³-hybridized carbons (Fsp3) is 0.643. The molecule has 1 aliphatic rings. The van der Waals surface area contributed by atoms with Crippen molar-refractivity contribution in [3.8, 4) is 0 Å². The number of ether oxygens (including phenoxy) is 2. The minimum Gasteiger partial charge on any atom is -0.443 e. The Kier molecular flexibility index (Phi) is 6.38. The lowest BCUT2D eigenvalue weighted by Gasteiger charge is -2.26. The van der Waals surface area contributed by atoms with Crippen LogP contribution in [0.5, 0.6) is 0 Å². The second-order valence-electron chi connectivity index (χ2n) is 4.87. The normalized spacial score (nSPS) is 18.4. The lowest BCUT2D eigenvalue weighted by Crippen LogP contribution is -2.38. The third-order valence-electron chi connectivity index (χ3n) is 2.83. The zero-order chi connectivity index (χ0) is 14.4. The smallest absolute Gasteiger partial charge is 0.407 e. The molecule has 0 aromatic heterocycles. The summed E-state index contributed by atoms with van der Waals surface area (Å²) in [4.78, 5) is 11.6. The van der Waals surface area contributed by atoms with Crippen molar-refractivity contribution in [2.45, 2.75) is 51.9 Å². The Morgan fingerprint density at radius 1 is 1.42 bits per heavy atom. The average Bonchev–Trinajstić information content (AvgIpc) is 2.31. The quantitative estimate of drug-likeness (QED) is 0.843. The van der Waals surface area contributed by atoms with E-state index in [0.717, 1.165) is 23.4 Å². The van der Waals surface area contributed by atoms with Crippen molar-refractivity contribution in [1.29, 1.82) is 0 Å². The summed E-state index contributed by atoms with van der Waals surface area (Å²) < 4.78 is 10.7. The van der Waals surface area contributed by atoms with E-state index in [2.05, 4.69) is 5.32 Å². The fourth-order valence-electron chi connectivity index (χ4n) is 1.98. The van der Waals surface area contributed by atoms with Gasteiger partial charge in [0.1, 0.15) is 12.2 Å². The van der Waals surface area contributed by atoms with Crippen LogP contribution in [0.15, 0.2) is 22.8 Å². The zero-order valence-electron chi connectivity index (χ0n) is 11.9. The number of rotatable bonds is 5. The van der Waals surface area contributed by atoms with Gasteiger partial charge in [0.25, 0.3) is 0 Å². The van der Waals surface area contributed by atoms with Gasteiger partial charge in [-0.15, -0.1) is 0 Å². The minimum atomic E-state index is -0.443. The summed E-state index contributed by atoms with van der Waals surface area (Å²) in [6.07, 6.45) is 4.53. The van der Waals surface area contributed by atoms with Gasteiger partial charge in [0, 0.05) is 18.2 Å². The van der Waals surface area contributed by atoms with Gasteiger partial charge in [-0.05, 0) is 39.2 Å². The molecule has 0 heterocycles. The molecule has 0 radical (unpaired) electrons. The van der Waals surface area contributed by atoms with Crippen molar-refractivity contribution in [2.75, 3.05) is 7.11 Å². The molecule has 0 fully saturated rings. The summed E-state index contributed by atoms with van der Waals surface area (Å²) >= 11 is 6.21. The van der Waals surface area contributed by atoms with Gasteiger partial charge in [-0.25, -0.2) is 4.79 Å². The molecule has 1 N–H and O–H groups in total. The molecule has 1 aliphatic carbocycles. The van der Waals surface area contributed by atoms with Crippen molar-refractivity contribution in [3.63, 3.8) is 0 Å². The molecule has 0 aliphatic heterocycles. The summed E-state index contributed by atoms with van der Waals surface area (Å²) in [6, 6.07) is 0.0399. The largest absolute Gasteiger partial charge is 0.443 e. The van der Waals surface area contributed by atoms with Crippen LogP contribution in [0.4, 0.5) is 4.79 Å². The van der Waals surface area contributed by atoms with E-state index in [1.54, 1.807) is 14.0 Å². The number of halogens is 1. The Bertz CT molecular complexity index is 377. The van der Waals surface area contributed by atoms with Gasteiger partial charge in [-0.2, -0.15) is 0 Å². The van der Waals surface area contributed by atoms with Crippen LogP contribution < -0.4 is 5.32 Å². The van der Waals surface area contributed by atoms with Crippen molar-refractivity contribution < 1.29 is 14.3 Å². The molecular weight excluding hydrogens is 266 g/mol. The Morgan fingerprint density at radius 2 is 2.11 bits per heavy atom. The molecule has 0 saturated heterocycles. The number of carbonyl (C=O) groups is 1. The number of alkyl carbamates (subject to hydrolysis) is 1. The molecule has 1 rings (SSSR count). The maximum atomic E-state index is 11.6. The average molecular weight is 288 g/mol. The first-order valence-corrected chi connectivity index (χ1v) is 6.88. The van der Waals surface area contributed by atoms with Gasteiger partial charge < -0.3 is 14.8 Å². The maximum absolute atomic E-state index is 11.6. The lowest BCUT2D eigenvalue weighted by molar-refractivity contribution is 0.00644. The van der Waals surface area contributed by atoms with Gasteiger partial charge >= 0.3 is 6.09 Å². The van der Waals surface area contributed by atoms with E-state index in [-0.39, 0.29) is 12.1 Å². The molecule has 0 aromatic carbocycles. The van der Waals surface area contributed by atoms with E-state index in [1.165, 1.54) is 0 Å². The third-order valence-corrected chi connectivity index (χ3v) is 3.23. The van der Waals surface area contributed by atoms with Crippen LogP contribution >= 0.6 is 11.6 Å². The highest BCUT2D eigenvalue weighted by Gasteiger charge is 2.26. The van der Waals surface area contributed by atoms with E-state index in [1.807, 2.05) is 26.0 Å². The fourth-order valence-corrected chi connectivity index (χ4v) is 2.26. The molecule has 5 heteroatoms. The van der Waals surface area contributed by atoms with Gasteiger partial charge in [0.05, 0.1) is 0 Å². The number of methoxy groups -OCH3 is 1. The molecule has 19 heavy (non-hydrogen) atoms. The minimum absolute atomic E-state index is 0.0399. The maximum Gasteiger partial charge on any atom is 0.407 e. The molecule has 1 unspecified atom stereocenters. The van der Waals surface area contributed by atoms with E-state index < -0.39 is 12.2 Å². The van der Waals surface area contributed by atoms with Crippen LogP contribution in [-0.2, 0) is 9.47 Å². The number of hydrogen-bond acceptors (Lipinski definition) is 3. The van der Waals surface area contributed by atoms with Crippen molar-refractivity contribution >= 4 is 17.7 Å². The third kappa shape index (κ3) is 4.88. The van der Waals surface area contributed by atoms with Crippen LogP contribution in [0.2, 0.25) is 0 Å². The number of allylic oxidation sites excluding steroid dienone is 2. The molecule has 2 atom stereocenters. The SMILES string of the molecule is COC(C1=C(Cl)CCC=C1)[C@@H](C)OC(=O)NC(C)C. The first kappa shape index (κ1) is 16.1. The van der Waals surface area contributed by atoms with E-state index in [0.29, 0.717) is 0 Å². The molecule has 0 spiro atoms. The van der Waals surface area contributed by atoms with Crippen molar-refractivity contribution in [1.82, 2.24) is 5.32 Å². The zero-order valence-corrected chi connectivity index (χ0v) is 12.7.